The molecule has 1 rings (SSSR count). The molecule has 0 heterocycles. The second-order valence-electron chi connectivity index (χ2n) is 5.35. The van der Waals surface area contributed by atoms with Crippen LogP contribution in [0.1, 0.15) is 25.8 Å². The van der Waals surface area contributed by atoms with Crippen molar-refractivity contribution in [3.8, 4) is 0 Å². The minimum Gasteiger partial charge on any atom is -0.480 e. The number of carboxylic acid groups (broad SMARTS) is 1. The second-order valence-corrected chi connectivity index (χ2v) is 5.35. The van der Waals surface area contributed by atoms with E-state index in [4.69, 9.17) is 5.11 Å². The molecule has 0 fully saturated rings. The van der Waals surface area contributed by atoms with E-state index < -0.39 is 29.6 Å². The van der Waals surface area contributed by atoms with Gasteiger partial charge in [-0.15, -0.1) is 0 Å². The largest absolute Gasteiger partial charge is 0.480 e. The Labute approximate surface area is 134 Å². The van der Waals surface area contributed by atoms with Crippen LogP contribution in [-0.2, 0) is 20.8 Å². The minimum atomic E-state index is -1.11. The number of hydrogen-bond acceptors (Lipinski definition) is 3. The first-order valence-corrected chi connectivity index (χ1v) is 7.36. The molecule has 2 amide bonds. The van der Waals surface area contributed by atoms with Crippen LogP contribution in [0.5, 0.6) is 0 Å². The van der Waals surface area contributed by atoms with Crippen LogP contribution in [0.15, 0.2) is 24.3 Å². The number of carbonyl (C=O) groups excluding carboxylic acids is 2. The maximum atomic E-state index is 13.0. The van der Waals surface area contributed by atoms with Gasteiger partial charge >= 0.3 is 5.97 Å². The van der Waals surface area contributed by atoms with Crippen molar-refractivity contribution in [2.75, 3.05) is 6.54 Å². The van der Waals surface area contributed by atoms with Gasteiger partial charge in [0, 0.05) is 0 Å². The summed E-state index contributed by atoms with van der Waals surface area (Å²) in [6.45, 7) is 3.23. The van der Waals surface area contributed by atoms with Gasteiger partial charge < -0.3 is 15.7 Å². The fraction of sp³-hybridized carbons (Fsp3) is 0.438. The first-order chi connectivity index (χ1) is 10.8. The molecule has 1 aromatic carbocycles. The molecule has 0 spiro atoms. The number of halogens is 1. The standard InChI is InChI=1S/C16H21FN2O4/c1-3-10(2)15(16(22)23)19-14(21)9-18-13(20)8-11-5-4-6-12(17)7-11/h4-7,10,15H,3,8-9H2,1-2H3,(H,18,20)(H,19,21)(H,22,23)/t10-,15-/m0/s1. The molecule has 0 aromatic heterocycles. The molecule has 126 valence electrons. The summed E-state index contributed by atoms with van der Waals surface area (Å²) in [5, 5.41) is 13.9. The molecule has 6 nitrogen and oxygen atoms in total. The molecule has 2 atom stereocenters. The highest BCUT2D eigenvalue weighted by molar-refractivity contribution is 5.88. The summed E-state index contributed by atoms with van der Waals surface area (Å²) < 4.78 is 13.0. The molecule has 1 aromatic rings. The van der Waals surface area contributed by atoms with Gasteiger partial charge in [0.05, 0.1) is 13.0 Å². The quantitative estimate of drug-likeness (QED) is 0.667. The van der Waals surface area contributed by atoms with E-state index in [0.29, 0.717) is 12.0 Å². The number of aliphatic carboxylic acids is 1. The number of carbonyl (C=O) groups is 3. The van der Waals surface area contributed by atoms with Gasteiger partial charge in [-0.25, -0.2) is 9.18 Å². The van der Waals surface area contributed by atoms with Gasteiger partial charge in [0.15, 0.2) is 0 Å². The maximum Gasteiger partial charge on any atom is 0.326 e. The Morgan fingerprint density at radius 2 is 1.96 bits per heavy atom. The van der Waals surface area contributed by atoms with Crippen molar-refractivity contribution in [3.05, 3.63) is 35.6 Å². The summed E-state index contributed by atoms with van der Waals surface area (Å²) >= 11 is 0. The summed E-state index contributed by atoms with van der Waals surface area (Å²) in [6, 6.07) is 4.62. The lowest BCUT2D eigenvalue weighted by atomic mass is 9.99. The zero-order chi connectivity index (χ0) is 17.4. The molecule has 7 heteroatoms. The van der Waals surface area contributed by atoms with Crippen LogP contribution < -0.4 is 10.6 Å². The Bertz CT molecular complexity index is 577. The molecule has 23 heavy (non-hydrogen) atoms. The average molecular weight is 324 g/mol. The van der Waals surface area contributed by atoms with Crippen molar-refractivity contribution in [3.63, 3.8) is 0 Å². The summed E-state index contributed by atoms with van der Waals surface area (Å²) in [4.78, 5) is 34.6. The predicted molar refractivity (Wildman–Crippen MR) is 82.1 cm³/mol. The smallest absolute Gasteiger partial charge is 0.326 e. The zero-order valence-electron chi connectivity index (χ0n) is 13.1. The molecule has 0 saturated heterocycles. The fourth-order valence-electron chi connectivity index (χ4n) is 1.98. The van der Waals surface area contributed by atoms with Gasteiger partial charge in [-0.05, 0) is 23.6 Å². The fourth-order valence-corrected chi connectivity index (χ4v) is 1.98. The van der Waals surface area contributed by atoms with Crippen molar-refractivity contribution in [2.24, 2.45) is 5.92 Å². The highest BCUT2D eigenvalue weighted by Gasteiger charge is 2.25. The van der Waals surface area contributed by atoms with Crippen LogP contribution in [-0.4, -0.2) is 35.5 Å². The third-order valence-corrected chi connectivity index (χ3v) is 3.50. The Morgan fingerprint density at radius 1 is 1.26 bits per heavy atom. The molecule has 3 N–H and O–H groups in total. The van der Waals surface area contributed by atoms with Crippen LogP contribution >= 0.6 is 0 Å². The Hall–Kier alpha value is -2.44. The van der Waals surface area contributed by atoms with Crippen molar-refractivity contribution in [1.82, 2.24) is 10.6 Å². The molecular formula is C16H21FN2O4. The van der Waals surface area contributed by atoms with Crippen LogP contribution in [0.2, 0.25) is 0 Å². The van der Waals surface area contributed by atoms with Crippen molar-refractivity contribution in [2.45, 2.75) is 32.7 Å². The van der Waals surface area contributed by atoms with E-state index in [1.165, 1.54) is 18.2 Å². The molecule has 0 aliphatic heterocycles. The molecule has 0 aliphatic carbocycles. The number of benzene rings is 1. The Kier molecular flexibility index (Phi) is 7.18. The third-order valence-electron chi connectivity index (χ3n) is 3.50. The van der Waals surface area contributed by atoms with Gasteiger partial charge in [-0.1, -0.05) is 32.4 Å². The molecule has 0 saturated carbocycles. The van der Waals surface area contributed by atoms with Crippen molar-refractivity contribution in [1.29, 1.82) is 0 Å². The van der Waals surface area contributed by atoms with Crippen molar-refractivity contribution >= 4 is 17.8 Å². The number of carboxylic acids is 1. The predicted octanol–water partition coefficient (Wildman–Crippen LogP) is 1.10. The Balaban J connectivity index is 2.45. The van der Waals surface area contributed by atoms with E-state index in [1.54, 1.807) is 13.0 Å². The molecule has 0 radical (unpaired) electrons. The van der Waals surface area contributed by atoms with Gasteiger partial charge in [-0.2, -0.15) is 0 Å². The van der Waals surface area contributed by atoms with E-state index in [1.807, 2.05) is 6.92 Å². The lowest BCUT2D eigenvalue weighted by Crippen LogP contribution is -2.48. The topological polar surface area (TPSA) is 95.5 Å². The van der Waals surface area contributed by atoms with Crippen molar-refractivity contribution < 1.29 is 23.9 Å². The molecule has 0 aliphatic rings. The monoisotopic (exact) mass is 324 g/mol. The first kappa shape index (κ1) is 18.6. The van der Waals surface area contributed by atoms with Crippen LogP contribution in [0, 0.1) is 11.7 Å². The third kappa shape index (κ3) is 6.46. The van der Waals surface area contributed by atoms with E-state index in [-0.39, 0.29) is 18.9 Å². The average Bonchev–Trinajstić information content (AvgIpc) is 2.49. The number of hydrogen-bond donors (Lipinski definition) is 3. The van der Waals surface area contributed by atoms with Gasteiger partial charge in [0.25, 0.3) is 0 Å². The van der Waals surface area contributed by atoms with Gasteiger partial charge in [0.2, 0.25) is 11.8 Å². The molecule has 0 unspecified atom stereocenters. The highest BCUT2D eigenvalue weighted by atomic mass is 19.1. The summed E-state index contributed by atoms with van der Waals surface area (Å²) in [5.41, 5.74) is 0.492. The molecule has 0 bridgehead atoms. The summed E-state index contributed by atoms with van der Waals surface area (Å²) in [5.74, 6) is -2.80. The Morgan fingerprint density at radius 3 is 2.52 bits per heavy atom. The van der Waals surface area contributed by atoms with Gasteiger partial charge in [0.1, 0.15) is 11.9 Å². The summed E-state index contributed by atoms with van der Waals surface area (Å²) in [7, 11) is 0. The normalized spacial score (nSPS) is 13.0. The van der Waals surface area contributed by atoms with E-state index in [2.05, 4.69) is 10.6 Å². The lowest BCUT2D eigenvalue weighted by Gasteiger charge is -2.20. The van der Waals surface area contributed by atoms with E-state index >= 15 is 0 Å². The van der Waals surface area contributed by atoms with Crippen LogP contribution in [0.25, 0.3) is 0 Å². The SMILES string of the molecule is CC[C@H](C)[C@H](NC(=O)CNC(=O)Cc1cccc(F)c1)C(=O)O. The van der Waals surface area contributed by atoms with E-state index in [9.17, 15) is 18.8 Å². The minimum absolute atomic E-state index is 0.0568. The van der Waals surface area contributed by atoms with E-state index in [0.717, 1.165) is 0 Å². The second kappa shape index (κ2) is 8.87. The summed E-state index contributed by atoms with van der Waals surface area (Å²) in [6.07, 6.45) is 0.544. The lowest BCUT2D eigenvalue weighted by molar-refractivity contribution is -0.143. The zero-order valence-corrected chi connectivity index (χ0v) is 13.1. The van der Waals surface area contributed by atoms with Crippen LogP contribution in [0.4, 0.5) is 4.39 Å². The number of amides is 2. The van der Waals surface area contributed by atoms with Gasteiger partial charge in [-0.3, -0.25) is 9.59 Å². The number of nitrogens with one attached hydrogen (secondary N) is 2. The maximum absolute atomic E-state index is 13.0. The first-order valence-electron chi connectivity index (χ1n) is 7.36. The van der Waals surface area contributed by atoms with Crippen LogP contribution in [0.3, 0.4) is 0 Å². The highest BCUT2D eigenvalue weighted by Crippen LogP contribution is 2.07. The molecular weight excluding hydrogens is 303 g/mol. The number of rotatable bonds is 8.